The molecular formula is C13H17N3O3. The molecule has 1 atom stereocenters. The number of aromatic amines is 1. The molecule has 0 radical (unpaired) electrons. The van der Waals surface area contributed by atoms with Crippen molar-refractivity contribution in [3.63, 3.8) is 0 Å². The largest absolute Gasteiger partial charge is 0.399 e. The van der Waals surface area contributed by atoms with Crippen molar-refractivity contribution in [3.05, 3.63) is 30.0 Å². The number of amides is 1. The lowest BCUT2D eigenvalue weighted by atomic mass is 10.1. The first kappa shape index (κ1) is 13.4. The van der Waals surface area contributed by atoms with E-state index in [9.17, 15) is 9.90 Å². The quantitative estimate of drug-likeness (QED) is 0.508. The molecule has 1 unspecified atom stereocenters. The van der Waals surface area contributed by atoms with E-state index < -0.39 is 12.2 Å². The van der Waals surface area contributed by atoms with Gasteiger partial charge in [0.05, 0.1) is 12.2 Å². The summed E-state index contributed by atoms with van der Waals surface area (Å²) in [5, 5.41) is 21.9. The van der Waals surface area contributed by atoms with Crippen LogP contribution in [-0.2, 0) is 0 Å². The number of anilines is 1. The number of nitrogens with one attached hydrogen (secondary N) is 2. The smallest absolute Gasteiger partial charge is 0.253 e. The van der Waals surface area contributed by atoms with E-state index in [4.69, 9.17) is 10.8 Å². The molecule has 1 amide bonds. The van der Waals surface area contributed by atoms with Gasteiger partial charge in [0.1, 0.15) is 5.60 Å². The minimum Gasteiger partial charge on any atom is -0.399 e. The fourth-order valence-corrected chi connectivity index (χ4v) is 1.75. The fourth-order valence-electron chi connectivity index (χ4n) is 1.75. The number of hydrogen-bond acceptors (Lipinski definition) is 4. The number of aliphatic hydroxyl groups is 2. The van der Waals surface area contributed by atoms with Crippen molar-refractivity contribution < 1.29 is 15.0 Å². The molecule has 0 fully saturated rings. The van der Waals surface area contributed by atoms with Crippen LogP contribution >= 0.6 is 0 Å². The molecule has 2 aromatic rings. The molecule has 6 N–H and O–H groups in total. The zero-order chi connectivity index (χ0) is 14.0. The van der Waals surface area contributed by atoms with Crippen LogP contribution in [0.4, 0.5) is 5.69 Å². The predicted octanol–water partition coefficient (Wildman–Crippen LogP) is 0.223. The van der Waals surface area contributed by atoms with Crippen molar-refractivity contribution in [1.29, 1.82) is 0 Å². The second-order valence-corrected chi connectivity index (χ2v) is 4.85. The number of aliphatic hydroxyl groups excluding tert-OH is 1. The van der Waals surface area contributed by atoms with Gasteiger partial charge in [0.2, 0.25) is 0 Å². The highest BCUT2D eigenvalue weighted by atomic mass is 16.3. The Morgan fingerprint density at radius 2 is 2.26 bits per heavy atom. The maximum Gasteiger partial charge on any atom is 0.253 e. The molecule has 0 saturated carbocycles. The Bertz CT molecular complexity index is 604. The molecule has 2 rings (SSSR count). The van der Waals surface area contributed by atoms with Gasteiger partial charge in [-0.15, -0.1) is 0 Å². The molecule has 19 heavy (non-hydrogen) atoms. The monoisotopic (exact) mass is 263 g/mol. The van der Waals surface area contributed by atoms with Gasteiger partial charge in [-0.2, -0.15) is 0 Å². The van der Waals surface area contributed by atoms with Crippen LogP contribution in [0.1, 0.15) is 17.3 Å². The first-order valence-corrected chi connectivity index (χ1v) is 5.91. The van der Waals surface area contributed by atoms with E-state index in [0.717, 1.165) is 10.9 Å². The number of carbonyl (C=O) groups is 1. The van der Waals surface area contributed by atoms with Crippen LogP contribution in [-0.4, -0.2) is 39.9 Å². The van der Waals surface area contributed by atoms with E-state index in [1.54, 1.807) is 24.4 Å². The molecule has 6 nitrogen and oxygen atoms in total. The van der Waals surface area contributed by atoms with Crippen LogP contribution in [0.3, 0.4) is 0 Å². The molecule has 0 bridgehead atoms. The molecule has 0 aliphatic heterocycles. The lowest BCUT2D eigenvalue weighted by Gasteiger charge is -2.20. The highest BCUT2D eigenvalue weighted by Crippen LogP contribution is 2.20. The van der Waals surface area contributed by atoms with Gasteiger partial charge in [0, 0.05) is 29.3 Å². The highest BCUT2D eigenvalue weighted by Gasteiger charge is 2.21. The maximum atomic E-state index is 12.0. The first-order valence-electron chi connectivity index (χ1n) is 5.91. The third-order valence-electron chi connectivity index (χ3n) is 2.92. The number of carbonyl (C=O) groups excluding carboxylic acids is 1. The van der Waals surface area contributed by atoms with Gasteiger partial charge in [-0.3, -0.25) is 4.79 Å². The average Bonchev–Trinajstić information content (AvgIpc) is 2.79. The summed E-state index contributed by atoms with van der Waals surface area (Å²) in [4.78, 5) is 15.0. The molecule has 1 aromatic carbocycles. The lowest BCUT2D eigenvalue weighted by molar-refractivity contribution is 0.00321. The number of benzene rings is 1. The number of fused-ring (bicyclic) bond motifs is 1. The summed E-state index contributed by atoms with van der Waals surface area (Å²) < 4.78 is 0. The second kappa shape index (κ2) is 4.91. The van der Waals surface area contributed by atoms with E-state index in [2.05, 4.69) is 10.3 Å². The predicted molar refractivity (Wildman–Crippen MR) is 72.8 cm³/mol. The van der Waals surface area contributed by atoms with Gasteiger partial charge in [-0.05, 0) is 25.1 Å². The first-order chi connectivity index (χ1) is 8.93. The van der Waals surface area contributed by atoms with Crippen molar-refractivity contribution in [3.8, 4) is 0 Å². The van der Waals surface area contributed by atoms with Crippen molar-refractivity contribution >= 4 is 22.5 Å². The number of nitrogen functional groups attached to an aromatic ring is 1. The van der Waals surface area contributed by atoms with E-state index >= 15 is 0 Å². The molecule has 0 saturated heterocycles. The van der Waals surface area contributed by atoms with Crippen molar-refractivity contribution in [2.45, 2.75) is 12.5 Å². The molecular weight excluding hydrogens is 246 g/mol. The van der Waals surface area contributed by atoms with Crippen molar-refractivity contribution in [2.75, 3.05) is 18.9 Å². The van der Waals surface area contributed by atoms with Crippen LogP contribution in [0, 0.1) is 0 Å². The van der Waals surface area contributed by atoms with Gasteiger partial charge in [-0.1, -0.05) is 0 Å². The third kappa shape index (κ3) is 2.86. The van der Waals surface area contributed by atoms with Crippen molar-refractivity contribution in [1.82, 2.24) is 10.3 Å². The summed E-state index contributed by atoms with van der Waals surface area (Å²) in [5.74, 6) is -0.328. The Morgan fingerprint density at radius 3 is 2.95 bits per heavy atom. The lowest BCUT2D eigenvalue weighted by Crippen LogP contribution is -2.43. The van der Waals surface area contributed by atoms with E-state index in [1.807, 2.05) is 0 Å². The molecule has 0 aliphatic carbocycles. The van der Waals surface area contributed by atoms with Gasteiger partial charge >= 0.3 is 0 Å². The van der Waals surface area contributed by atoms with Crippen LogP contribution in [0.15, 0.2) is 24.4 Å². The summed E-state index contributed by atoms with van der Waals surface area (Å²) in [5.41, 5.74) is 6.21. The molecule has 1 aromatic heterocycles. The van der Waals surface area contributed by atoms with Crippen LogP contribution < -0.4 is 11.1 Å². The van der Waals surface area contributed by atoms with Gasteiger partial charge in [0.15, 0.2) is 0 Å². The molecule has 102 valence electrons. The summed E-state index contributed by atoms with van der Waals surface area (Å²) in [6.07, 6.45) is 1.59. The van der Waals surface area contributed by atoms with Gasteiger partial charge < -0.3 is 26.2 Å². The Morgan fingerprint density at radius 1 is 1.53 bits per heavy atom. The Balaban J connectivity index is 2.20. The fraction of sp³-hybridized carbons (Fsp3) is 0.308. The standard InChI is InChI=1S/C13H17N3O3/c1-13(19,7-17)6-16-12(18)10-5-15-11-3-2-8(14)4-9(10)11/h2-5,15,17,19H,6-7,14H2,1H3,(H,16,18). The number of aromatic nitrogens is 1. The van der Waals surface area contributed by atoms with Crippen molar-refractivity contribution in [2.24, 2.45) is 0 Å². The minimum atomic E-state index is -1.33. The zero-order valence-corrected chi connectivity index (χ0v) is 10.6. The van der Waals surface area contributed by atoms with Crippen LogP contribution in [0.5, 0.6) is 0 Å². The minimum absolute atomic E-state index is 0.0304. The number of hydrogen-bond donors (Lipinski definition) is 5. The molecule has 0 spiro atoms. The van der Waals surface area contributed by atoms with Crippen LogP contribution in [0.2, 0.25) is 0 Å². The summed E-state index contributed by atoms with van der Waals surface area (Å²) in [6, 6.07) is 5.26. The highest BCUT2D eigenvalue weighted by molar-refractivity contribution is 6.07. The summed E-state index contributed by atoms with van der Waals surface area (Å²) in [7, 11) is 0. The van der Waals surface area contributed by atoms with E-state index in [1.165, 1.54) is 6.92 Å². The van der Waals surface area contributed by atoms with Gasteiger partial charge in [-0.25, -0.2) is 0 Å². The van der Waals surface area contributed by atoms with Gasteiger partial charge in [0.25, 0.3) is 5.91 Å². The summed E-state index contributed by atoms with van der Waals surface area (Å²) >= 11 is 0. The average molecular weight is 263 g/mol. The maximum absolute atomic E-state index is 12.0. The number of rotatable bonds is 4. The second-order valence-electron chi connectivity index (χ2n) is 4.85. The van der Waals surface area contributed by atoms with E-state index in [-0.39, 0.29) is 12.5 Å². The Hall–Kier alpha value is -2.05. The SMILES string of the molecule is CC(O)(CO)CNC(=O)c1c[nH]c2ccc(N)cc12. The summed E-state index contributed by atoms with van der Waals surface area (Å²) in [6.45, 7) is 0.992. The van der Waals surface area contributed by atoms with Crippen LogP contribution in [0.25, 0.3) is 10.9 Å². The number of nitrogens with two attached hydrogens (primary N) is 1. The normalized spacial score (nSPS) is 14.3. The molecule has 6 heteroatoms. The zero-order valence-electron chi connectivity index (χ0n) is 10.6. The van der Waals surface area contributed by atoms with E-state index in [0.29, 0.717) is 11.3 Å². The Labute approximate surface area is 110 Å². The number of H-pyrrole nitrogens is 1. The topological polar surface area (TPSA) is 111 Å². The molecule has 1 heterocycles. The molecule has 0 aliphatic rings. The Kier molecular flexibility index (Phi) is 3.46. The third-order valence-corrected chi connectivity index (χ3v) is 2.92.